The van der Waals surface area contributed by atoms with Gasteiger partial charge in [-0.1, -0.05) is 12.1 Å². The smallest absolute Gasteiger partial charge is 0.255 e. The van der Waals surface area contributed by atoms with Crippen molar-refractivity contribution in [2.75, 3.05) is 13.1 Å². The molecule has 0 aromatic heterocycles. The first kappa shape index (κ1) is 21.2. The topological polar surface area (TPSA) is 63.7 Å². The van der Waals surface area contributed by atoms with Crippen LogP contribution >= 0.6 is 0 Å². The van der Waals surface area contributed by atoms with Crippen molar-refractivity contribution in [2.45, 2.75) is 42.9 Å². The van der Waals surface area contributed by atoms with Crippen molar-refractivity contribution >= 4 is 15.7 Å². The molecule has 8 heteroatoms. The van der Waals surface area contributed by atoms with Gasteiger partial charge in [-0.05, 0) is 38.1 Å². The van der Waals surface area contributed by atoms with Crippen LogP contribution in [-0.4, -0.2) is 43.7 Å². The number of rotatable bonds is 5. The van der Waals surface area contributed by atoms with Gasteiger partial charge in [-0.25, -0.2) is 17.2 Å². The van der Waals surface area contributed by atoms with E-state index in [0.29, 0.717) is 25.9 Å². The van der Waals surface area contributed by atoms with Crippen molar-refractivity contribution in [1.29, 1.82) is 0 Å². The Balaban J connectivity index is 1.70. The van der Waals surface area contributed by atoms with E-state index in [4.69, 9.17) is 4.74 Å². The van der Waals surface area contributed by atoms with Crippen molar-refractivity contribution in [2.24, 2.45) is 0 Å². The molecule has 0 unspecified atom stereocenters. The number of piperidine rings is 1. The number of carbonyl (C=O) groups excluding carboxylic acids is 1. The molecular weight excluding hydrogens is 400 g/mol. The van der Waals surface area contributed by atoms with Gasteiger partial charge in [0.2, 0.25) is 0 Å². The first-order valence-corrected chi connectivity index (χ1v) is 11.0. The van der Waals surface area contributed by atoms with Crippen LogP contribution in [0.25, 0.3) is 0 Å². The van der Waals surface area contributed by atoms with Crippen LogP contribution in [0, 0.1) is 11.6 Å². The lowest BCUT2D eigenvalue weighted by atomic mass is 10.1. The van der Waals surface area contributed by atoms with E-state index in [1.54, 1.807) is 30.9 Å². The van der Waals surface area contributed by atoms with Gasteiger partial charge in [0.05, 0.1) is 15.7 Å². The van der Waals surface area contributed by atoms with Crippen molar-refractivity contribution in [3.63, 3.8) is 0 Å². The summed E-state index contributed by atoms with van der Waals surface area (Å²) >= 11 is 0. The van der Waals surface area contributed by atoms with Crippen LogP contribution in [0.4, 0.5) is 8.78 Å². The third-order valence-electron chi connectivity index (χ3n) is 4.96. The Morgan fingerprint density at radius 1 is 1.10 bits per heavy atom. The highest BCUT2D eigenvalue weighted by atomic mass is 32.2. The number of benzene rings is 2. The van der Waals surface area contributed by atoms with E-state index in [0.717, 1.165) is 12.1 Å². The molecule has 1 fully saturated rings. The quantitative estimate of drug-likeness (QED) is 0.733. The molecule has 1 aliphatic rings. The summed E-state index contributed by atoms with van der Waals surface area (Å²) in [5.41, 5.74) is 0.158. The molecule has 0 radical (unpaired) electrons. The van der Waals surface area contributed by atoms with E-state index in [2.05, 4.69) is 0 Å². The number of halogens is 2. The summed E-state index contributed by atoms with van der Waals surface area (Å²) in [7, 11) is -3.60. The van der Waals surface area contributed by atoms with Crippen LogP contribution in [0.2, 0.25) is 0 Å². The number of sulfone groups is 1. The highest BCUT2D eigenvalue weighted by molar-refractivity contribution is 7.92. The van der Waals surface area contributed by atoms with E-state index in [1.165, 1.54) is 18.2 Å². The maximum absolute atomic E-state index is 13.8. The van der Waals surface area contributed by atoms with Gasteiger partial charge >= 0.3 is 0 Å². The molecule has 156 valence electrons. The fraction of sp³-hybridized carbons (Fsp3) is 0.381. The highest BCUT2D eigenvalue weighted by Crippen LogP contribution is 2.26. The molecule has 1 amide bonds. The Labute approximate surface area is 169 Å². The molecule has 0 aliphatic carbocycles. The van der Waals surface area contributed by atoms with Gasteiger partial charge in [0.25, 0.3) is 5.91 Å². The predicted octanol–water partition coefficient (Wildman–Crippen LogP) is 3.83. The lowest BCUT2D eigenvalue weighted by molar-refractivity contribution is 0.0584. The molecule has 2 aromatic carbocycles. The van der Waals surface area contributed by atoms with Crippen molar-refractivity contribution in [1.82, 2.24) is 4.90 Å². The number of ether oxygens (including phenoxy) is 1. The maximum Gasteiger partial charge on any atom is 0.255 e. The molecular formula is C21H23F2NO4S. The maximum atomic E-state index is 13.8. The van der Waals surface area contributed by atoms with E-state index >= 15 is 0 Å². The van der Waals surface area contributed by atoms with Gasteiger partial charge in [0, 0.05) is 32.0 Å². The Hall–Kier alpha value is -2.48. The van der Waals surface area contributed by atoms with Crippen molar-refractivity contribution in [3.05, 3.63) is 59.7 Å². The molecule has 0 N–H and O–H groups in total. The van der Waals surface area contributed by atoms with Gasteiger partial charge in [-0.2, -0.15) is 0 Å². The summed E-state index contributed by atoms with van der Waals surface area (Å²) in [5.74, 6) is -1.82. The Kier molecular flexibility index (Phi) is 6.21. The van der Waals surface area contributed by atoms with Crippen LogP contribution in [0.3, 0.4) is 0 Å². The second kappa shape index (κ2) is 8.49. The minimum atomic E-state index is -3.60. The number of carbonyl (C=O) groups is 1. The molecule has 0 atom stereocenters. The van der Waals surface area contributed by atoms with Crippen molar-refractivity contribution < 1.29 is 26.7 Å². The van der Waals surface area contributed by atoms with Crippen molar-refractivity contribution in [3.8, 4) is 5.75 Å². The lowest BCUT2D eigenvalue weighted by Gasteiger charge is -2.32. The van der Waals surface area contributed by atoms with Crippen LogP contribution < -0.4 is 4.74 Å². The summed E-state index contributed by atoms with van der Waals surface area (Å²) < 4.78 is 57.6. The third-order valence-corrected chi connectivity index (χ3v) is 7.17. The average Bonchev–Trinajstić information content (AvgIpc) is 2.70. The fourth-order valence-electron chi connectivity index (χ4n) is 3.24. The van der Waals surface area contributed by atoms with E-state index in [1.807, 2.05) is 0 Å². The largest absolute Gasteiger partial charge is 0.487 e. The average molecular weight is 423 g/mol. The molecule has 5 nitrogen and oxygen atoms in total. The van der Waals surface area contributed by atoms with E-state index < -0.39 is 26.7 Å². The third kappa shape index (κ3) is 4.58. The molecule has 1 aliphatic heterocycles. The summed E-state index contributed by atoms with van der Waals surface area (Å²) in [4.78, 5) is 14.6. The SMILES string of the molecule is CC(C)S(=O)(=O)c1ccccc1C(=O)N1CCC(Oc2ccc(F)cc2F)CC1. The minimum absolute atomic E-state index is 0.0236. The molecule has 0 saturated carbocycles. The van der Waals surface area contributed by atoms with Crippen LogP contribution in [0.5, 0.6) is 5.75 Å². The normalized spacial score (nSPS) is 15.6. The van der Waals surface area contributed by atoms with Crippen LogP contribution in [0.15, 0.2) is 47.4 Å². The van der Waals surface area contributed by atoms with Gasteiger partial charge in [-0.3, -0.25) is 4.79 Å². The van der Waals surface area contributed by atoms with Gasteiger partial charge in [0.15, 0.2) is 21.4 Å². The summed E-state index contributed by atoms with van der Waals surface area (Å²) in [6.07, 6.45) is 0.609. The van der Waals surface area contributed by atoms with Gasteiger partial charge in [0.1, 0.15) is 11.9 Å². The summed E-state index contributed by atoms with van der Waals surface area (Å²) in [5, 5.41) is -0.638. The number of hydrogen-bond donors (Lipinski definition) is 0. The predicted molar refractivity (Wildman–Crippen MR) is 105 cm³/mol. The second-order valence-corrected chi connectivity index (χ2v) is 9.75. The molecule has 1 saturated heterocycles. The second-order valence-electron chi connectivity index (χ2n) is 7.27. The number of amides is 1. The Morgan fingerprint density at radius 3 is 2.38 bits per heavy atom. The minimum Gasteiger partial charge on any atom is -0.487 e. The zero-order valence-corrected chi connectivity index (χ0v) is 17.1. The van der Waals surface area contributed by atoms with E-state index in [9.17, 15) is 22.0 Å². The first-order valence-electron chi connectivity index (χ1n) is 9.44. The lowest BCUT2D eigenvalue weighted by Crippen LogP contribution is -2.42. The molecule has 3 rings (SSSR count). The zero-order valence-electron chi connectivity index (χ0n) is 16.3. The standard InChI is InChI=1S/C21H23F2NO4S/c1-14(2)29(26,27)20-6-4-3-5-17(20)21(25)24-11-9-16(10-12-24)28-19-8-7-15(22)13-18(19)23/h3-8,13-14,16H,9-12H2,1-2H3. The number of hydrogen-bond acceptors (Lipinski definition) is 4. The molecule has 0 bridgehead atoms. The fourth-order valence-corrected chi connectivity index (χ4v) is 4.48. The summed E-state index contributed by atoms with van der Waals surface area (Å²) in [6, 6.07) is 9.35. The van der Waals surface area contributed by atoms with Gasteiger partial charge < -0.3 is 9.64 Å². The molecule has 1 heterocycles. The summed E-state index contributed by atoms with van der Waals surface area (Å²) in [6.45, 7) is 3.85. The van der Waals surface area contributed by atoms with Crippen LogP contribution in [0.1, 0.15) is 37.0 Å². The van der Waals surface area contributed by atoms with Gasteiger partial charge in [-0.15, -0.1) is 0 Å². The van der Waals surface area contributed by atoms with E-state index in [-0.39, 0.29) is 28.2 Å². The Bertz CT molecular complexity index is 999. The molecule has 2 aromatic rings. The monoisotopic (exact) mass is 423 g/mol. The number of likely N-dealkylation sites (tertiary alicyclic amines) is 1. The zero-order chi connectivity index (χ0) is 21.2. The highest BCUT2D eigenvalue weighted by Gasteiger charge is 2.30. The first-order chi connectivity index (χ1) is 13.7. The van der Waals surface area contributed by atoms with Crippen LogP contribution in [-0.2, 0) is 9.84 Å². The molecule has 29 heavy (non-hydrogen) atoms. The Morgan fingerprint density at radius 2 is 1.76 bits per heavy atom. The molecule has 0 spiro atoms. The number of nitrogens with zero attached hydrogens (tertiary/aromatic N) is 1.